The predicted octanol–water partition coefficient (Wildman–Crippen LogP) is 7.83. The molecular weight excluding hydrogens is 519 g/mol. The molecule has 2 aliphatic rings. The average Bonchev–Trinajstić information content (AvgIpc) is 3.60. The van der Waals surface area contributed by atoms with Crippen LogP contribution < -0.4 is 21.3 Å². The average molecular weight is 552 g/mol. The molecular formula is C30H32Cl2N4O2. The first-order chi connectivity index (χ1) is 18.4. The molecule has 0 aromatic heterocycles. The smallest absolute Gasteiger partial charge is 0.253 e. The molecule has 0 atom stereocenters. The summed E-state index contributed by atoms with van der Waals surface area (Å²) in [5.41, 5.74) is 4.01. The van der Waals surface area contributed by atoms with E-state index in [0.717, 1.165) is 62.7 Å². The lowest BCUT2D eigenvalue weighted by molar-refractivity contribution is 0.0930. The number of nitrogens with one attached hydrogen (secondary N) is 4. The lowest BCUT2D eigenvalue weighted by Crippen LogP contribution is -2.33. The zero-order valence-electron chi connectivity index (χ0n) is 21.2. The van der Waals surface area contributed by atoms with Crippen molar-refractivity contribution in [2.45, 2.75) is 63.5 Å². The third kappa shape index (κ3) is 6.61. The van der Waals surface area contributed by atoms with Gasteiger partial charge in [-0.15, -0.1) is 0 Å². The van der Waals surface area contributed by atoms with Crippen molar-refractivity contribution in [3.05, 3.63) is 81.8 Å². The highest BCUT2D eigenvalue weighted by Crippen LogP contribution is 2.29. The van der Waals surface area contributed by atoms with Crippen LogP contribution in [-0.2, 0) is 0 Å². The third-order valence-corrected chi connectivity index (χ3v) is 7.75. The molecule has 0 heterocycles. The molecule has 198 valence electrons. The van der Waals surface area contributed by atoms with E-state index in [1.54, 1.807) is 36.4 Å². The van der Waals surface area contributed by atoms with Gasteiger partial charge in [0.15, 0.2) is 0 Å². The Morgan fingerprint density at radius 2 is 0.947 bits per heavy atom. The molecule has 38 heavy (non-hydrogen) atoms. The van der Waals surface area contributed by atoms with E-state index in [1.807, 2.05) is 24.3 Å². The van der Waals surface area contributed by atoms with Gasteiger partial charge in [0.25, 0.3) is 11.8 Å². The van der Waals surface area contributed by atoms with Gasteiger partial charge >= 0.3 is 0 Å². The summed E-state index contributed by atoms with van der Waals surface area (Å²) in [7, 11) is 0. The zero-order chi connectivity index (χ0) is 26.5. The first-order valence-corrected chi connectivity index (χ1v) is 14.0. The number of anilines is 4. The standard InChI is InChI=1S/C30H32Cl2N4O2/c31-19-9-15-25(29(37)35-21-5-1-2-6-21)27(17-19)33-23-11-13-24(14-12-23)34-28-18-20(32)10-16-26(28)30(38)36-22-7-3-4-8-22/h9-18,21-22,33-34H,1-8H2,(H,35,37)(H,36,38). The van der Waals surface area contributed by atoms with Gasteiger partial charge < -0.3 is 21.3 Å². The van der Waals surface area contributed by atoms with Gasteiger partial charge in [-0.2, -0.15) is 0 Å². The molecule has 0 spiro atoms. The Bertz CT molecular complexity index is 1200. The van der Waals surface area contributed by atoms with Crippen LogP contribution in [0.2, 0.25) is 10.0 Å². The second-order valence-corrected chi connectivity index (χ2v) is 11.0. The summed E-state index contributed by atoms with van der Waals surface area (Å²) in [6.07, 6.45) is 8.69. The molecule has 0 saturated heterocycles. The quantitative estimate of drug-likeness (QED) is 0.230. The molecule has 0 radical (unpaired) electrons. The van der Waals surface area contributed by atoms with Crippen LogP contribution in [-0.4, -0.2) is 23.9 Å². The summed E-state index contributed by atoms with van der Waals surface area (Å²) in [5, 5.41) is 14.0. The minimum atomic E-state index is -0.0984. The molecule has 0 aliphatic heterocycles. The second kappa shape index (κ2) is 12.1. The predicted molar refractivity (Wildman–Crippen MR) is 155 cm³/mol. The highest BCUT2D eigenvalue weighted by atomic mass is 35.5. The fourth-order valence-corrected chi connectivity index (χ4v) is 5.59. The van der Waals surface area contributed by atoms with Gasteiger partial charge in [-0.1, -0.05) is 48.9 Å². The largest absolute Gasteiger partial charge is 0.355 e. The molecule has 0 unspecified atom stereocenters. The van der Waals surface area contributed by atoms with Crippen molar-refractivity contribution in [3.63, 3.8) is 0 Å². The Morgan fingerprint density at radius 1 is 0.579 bits per heavy atom. The summed E-state index contributed by atoms with van der Waals surface area (Å²) in [4.78, 5) is 25.9. The number of rotatable bonds is 8. The van der Waals surface area contributed by atoms with Gasteiger partial charge in [0.2, 0.25) is 0 Å². The van der Waals surface area contributed by atoms with E-state index < -0.39 is 0 Å². The number of carbonyl (C=O) groups is 2. The minimum Gasteiger partial charge on any atom is -0.355 e. The van der Waals surface area contributed by atoms with Crippen LogP contribution >= 0.6 is 23.2 Å². The number of benzene rings is 3. The van der Waals surface area contributed by atoms with Crippen LogP contribution in [0.3, 0.4) is 0 Å². The van der Waals surface area contributed by atoms with Crippen LogP contribution in [0.15, 0.2) is 60.7 Å². The van der Waals surface area contributed by atoms with Gasteiger partial charge in [-0.3, -0.25) is 9.59 Å². The molecule has 0 bridgehead atoms. The number of hydrogen-bond acceptors (Lipinski definition) is 4. The first-order valence-electron chi connectivity index (χ1n) is 13.3. The van der Waals surface area contributed by atoms with Crippen molar-refractivity contribution >= 4 is 57.8 Å². The molecule has 2 fully saturated rings. The van der Waals surface area contributed by atoms with Gasteiger partial charge in [-0.05, 0) is 86.3 Å². The van der Waals surface area contributed by atoms with E-state index in [1.165, 1.54) is 0 Å². The van der Waals surface area contributed by atoms with Crippen LogP contribution in [0, 0.1) is 0 Å². The normalized spacial score (nSPS) is 15.8. The number of amides is 2. The lowest BCUT2D eigenvalue weighted by Gasteiger charge is -2.17. The molecule has 6 nitrogen and oxygen atoms in total. The Kier molecular flexibility index (Phi) is 8.40. The Morgan fingerprint density at radius 3 is 1.32 bits per heavy atom. The van der Waals surface area contributed by atoms with Crippen molar-refractivity contribution in [2.24, 2.45) is 0 Å². The fourth-order valence-electron chi connectivity index (χ4n) is 5.25. The third-order valence-electron chi connectivity index (χ3n) is 7.28. The van der Waals surface area contributed by atoms with E-state index in [0.29, 0.717) is 32.5 Å². The summed E-state index contributed by atoms with van der Waals surface area (Å²) in [6, 6.07) is 18.6. The molecule has 3 aromatic carbocycles. The van der Waals surface area contributed by atoms with E-state index in [4.69, 9.17) is 23.2 Å². The number of hydrogen-bond donors (Lipinski definition) is 4. The van der Waals surface area contributed by atoms with Crippen molar-refractivity contribution in [1.82, 2.24) is 10.6 Å². The van der Waals surface area contributed by atoms with Gasteiger partial charge in [0, 0.05) is 33.5 Å². The van der Waals surface area contributed by atoms with E-state index in [9.17, 15) is 9.59 Å². The van der Waals surface area contributed by atoms with Crippen LogP contribution in [0.25, 0.3) is 0 Å². The molecule has 2 aliphatic carbocycles. The van der Waals surface area contributed by atoms with Crippen molar-refractivity contribution < 1.29 is 9.59 Å². The van der Waals surface area contributed by atoms with Crippen LogP contribution in [0.1, 0.15) is 72.1 Å². The maximum Gasteiger partial charge on any atom is 0.253 e. The van der Waals surface area contributed by atoms with E-state index >= 15 is 0 Å². The summed E-state index contributed by atoms with van der Waals surface area (Å²) in [6.45, 7) is 0. The zero-order valence-corrected chi connectivity index (χ0v) is 22.7. The second-order valence-electron chi connectivity index (χ2n) is 10.1. The van der Waals surface area contributed by atoms with Gasteiger partial charge in [-0.25, -0.2) is 0 Å². The molecule has 8 heteroatoms. The Balaban J connectivity index is 1.29. The van der Waals surface area contributed by atoms with E-state index in [2.05, 4.69) is 21.3 Å². The molecule has 5 rings (SSSR count). The summed E-state index contributed by atoms with van der Waals surface area (Å²) in [5.74, 6) is -0.197. The van der Waals surface area contributed by atoms with E-state index in [-0.39, 0.29) is 23.9 Å². The fraction of sp³-hybridized carbons (Fsp3) is 0.333. The van der Waals surface area contributed by atoms with Gasteiger partial charge in [0.1, 0.15) is 0 Å². The van der Waals surface area contributed by atoms with Crippen molar-refractivity contribution in [3.8, 4) is 0 Å². The Labute approximate surface area is 233 Å². The molecule has 4 N–H and O–H groups in total. The molecule has 2 saturated carbocycles. The Hall–Kier alpha value is -3.22. The van der Waals surface area contributed by atoms with Crippen molar-refractivity contribution in [2.75, 3.05) is 10.6 Å². The van der Waals surface area contributed by atoms with Crippen LogP contribution in [0.4, 0.5) is 22.7 Å². The maximum atomic E-state index is 13.0. The maximum absolute atomic E-state index is 13.0. The van der Waals surface area contributed by atoms with Gasteiger partial charge in [0.05, 0.1) is 22.5 Å². The summed E-state index contributed by atoms with van der Waals surface area (Å²) >= 11 is 12.5. The number of halogens is 2. The molecule has 2 amide bonds. The first kappa shape index (κ1) is 26.4. The number of carbonyl (C=O) groups excluding carboxylic acids is 2. The summed E-state index contributed by atoms with van der Waals surface area (Å²) < 4.78 is 0. The van der Waals surface area contributed by atoms with Crippen LogP contribution in [0.5, 0.6) is 0 Å². The SMILES string of the molecule is O=C(NC1CCCC1)c1ccc(Cl)cc1Nc1ccc(Nc2cc(Cl)ccc2C(=O)NC2CCCC2)cc1. The minimum absolute atomic E-state index is 0.0984. The lowest BCUT2D eigenvalue weighted by atomic mass is 10.1. The topological polar surface area (TPSA) is 82.3 Å². The monoisotopic (exact) mass is 550 g/mol. The highest BCUT2D eigenvalue weighted by molar-refractivity contribution is 6.31. The van der Waals surface area contributed by atoms with Crippen molar-refractivity contribution in [1.29, 1.82) is 0 Å². The molecule has 3 aromatic rings. The highest BCUT2D eigenvalue weighted by Gasteiger charge is 2.21.